The summed E-state index contributed by atoms with van der Waals surface area (Å²) >= 11 is 0. The van der Waals surface area contributed by atoms with E-state index < -0.39 is 11.8 Å². The van der Waals surface area contributed by atoms with Crippen molar-refractivity contribution in [3.05, 3.63) is 41.3 Å². The molecular weight excluding hydrogens is 358 g/mol. The number of carbonyl (C=O) groups is 1. The average Bonchev–Trinajstić information content (AvgIpc) is 3.06. The number of methoxy groups -OCH3 is 1. The number of carbonyl (C=O) groups excluding carboxylic acids is 1. The fraction of sp³-hybridized carbons (Fsp3) is 0.545. The highest BCUT2D eigenvalue weighted by molar-refractivity contribution is 5.77. The van der Waals surface area contributed by atoms with Crippen LogP contribution < -0.4 is 0 Å². The Morgan fingerprint density at radius 1 is 1.21 bits per heavy atom. The minimum atomic E-state index is -1.27. The number of hydrogen-bond acceptors (Lipinski definition) is 6. The first kappa shape index (κ1) is 20.6. The number of esters is 1. The summed E-state index contributed by atoms with van der Waals surface area (Å²) in [5.41, 5.74) is 3.22. The van der Waals surface area contributed by atoms with Crippen molar-refractivity contribution in [2.24, 2.45) is 5.92 Å². The van der Waals surface area contributed by atoms with Gasteiger partial charge in [-0.05, 0) is 44.7 Å². The molecule has 1 aromatic carbocycles. The Morgan fingerprint density at radius 2 is 1.93 bits per heavy atom. The zero-order valence-electron chi connectivity index (χ0n) is 17.1. The fourth-order valence-electron chi connectivity index (χ4n) is 3.43. The molecule has 6 nitrogen and oxygen atoms in total. The molecule has 2 aromatic rings. The molecule has 1 fully saturated rings. The van der Waals surface area contributed by atoms with Crippen molar-refractivity contribution in [3.63, 3.8) is 0 Å². The zero-order chi connectivity index (χ0) is 20.1. The van der Waals surface area contributed by atoms with Crippen molar-refractivity contribution in [3.8, 4) is 11.5 Å². The number of oxazole rings is 1. The van der Waals surface area contributed by atoms with Crippen molar-refractivity contribution in [1.82, 2.24) is 4.98 Å². The molecule has 0 N–H and O–H groups in total. The van der Waals surface area contributed by atoms with E-state index in [4.69, 9.17) is 23.6 Å². The van der Waals surface area contributed by atoms with E-state index >= 15 is 0 Å². The summed E-state index contributed by atoms with van der Waals surface area (Å²) in [6, 6.07) is 8.12. The van der Waals surface area contributed by atoms with Gasteiger partial charge < -0.3 is 18.6 Å². The van der Waals surface area contributed by atoms with E-state index in [0.29, 0.717) is 25.0 Å². The monoisotopic (exact) mass is 387 g/mol. The van der Waals surface area contributed by atoms with Gasteiger partial charge in [0.05, 0.1) is 26.0 Å². The fourth-order valence-corrected chi connectivity index (χ4v) is 3.43. The second-order valence-electron chi connectivity index (χ2n) is 7.51. The lowest BCUT2D eigenvalue weighted by Gasteiger charge is -2.35. The van der Waals surface area contributed by atoms with E-state index in [-0.39, 0.29) is 0 Å². The van der Waals surface area contributed by atoms with Gasteiger partial charge in [-0.25, -0.2) is 9.78 Å². The molecule has 0 bridgehead atoms. The molecule has 1 aliphatic heterocycles. The molecule has 0 spiro atoms. The summed E-state index contributed by atoms with van der Waals surface area (Å²) in [7, 11) is 1.34. The number of aryl methyl sites for hydroxylation is 3. The molecule has 2 heterocycles. The first-order valence-electron chi connectivity index (χ1n) is 9.81. The third-order valence-corrected chi connectivity index (χ3v) is 5.29. The number of hydrogen-bond donors (Lipinski definition) is 0. The third-order valence-electron chi connectivity index (χ3n) is 5.29. The van der Waals surface area contributed by atoms with Gasteiger partial charge in [0.1, 0.15) is 5.76 Å². The Hall–Kier alpha value is -2.18. The van der Waals surface area contributed by atoms with Crippen LogP contribution >= 0.6 is 0 Å². The summed E-state index contributed by atoms with van der Waals surface area (Å²) in [5.74, 6) is 0.114. The van der Waals surface area contributed by atoms with E-state index in [1.165, 1.54) is 7.11 Å². The van der Waals surface area contributed by atoms with E-state index in [1.54, 1.807) is 6.92 Å². The van der Waals surface area contributed by atoms with Crippen molar-refractivity contribution in [2.75, 3.05) is 20.3 Å². The molecule has 0 saturated carbocycles. The van der Waals surface area contributed by atoms with Gasteiger partial charge in [-0.1, -0.05) is 24.6 Å². The van der Waals surface area contributed by atoms with Crippen molar-refractivity contribution >= 4 is 5.97 Å². The van der Waals surface area contributed by atoms with Crippen LogP contribution in [0.3, 0.4) is 0 Å². The first-order valence-corrected chi connectivity index (χ1v) is 9.81. The van der Waals surface area contributed by atoms with Gasteiger partial charge in [0.2, 0.25) is 5.89 Å². The predicted octanol–water partition coefficient (Wildman–Crippen LogP) is 4.22. The first-order chi connectivity index (χ1) is 13.4. The van der Waals surface area contributed by atoms with Gasteiger partial charge in [-0.15, -0.1) is 0 Å². The molecule has 1 aliphatic rings. The summed E-state index contributed by atoms with van der Waals surface area (Å²) in [6.45, 7) is 6.65. The summed E-state index contributed by atoms with van der Waals surface area (Å²) in [6.07, 6.45) is 3.93. The molecule has 0 atom stereocenters. The predicted molar refractivity (Wildman–Crippen MR) is 105 cm³/mol. The molecule has 6 heteroatoms. The van der Waals surface area contributed by atoms with E-state index in [9.17, 15) is 4.79 Å². The Kier molecular flexibility index (Phi) is 6.52. The highest BCUT2D eigenvalue weighted by Crippen LogP contribution is 2.27. The minimum Gasteiger partial charge on any atom is -0.465 e. The van der Waals surface area contributed by atoms with Crippen molar-refractivity contribution in [1.29, 1.82) is 0 Å². The van der Waals surface area contributed by atoms with Gasteiger partial charge in [-0.2, -0.15) is 0 Å². The normalized spacial score (nSPS) is 22.2. The molecule has 3 rings (SSSR count). The number of nitrogens with zero attached hydrogens (tertiary/aromatic N) is 1. The molecular formula is C22H29NO5. The minimum absolute atomic E-state index is 0.290. The van der Waals surface area contributed by atoms with Gasteiger partial charge in [0, 0.05) is 18.4 Å². The lowest BCUT2D eigenvalue weighted by molar-refractivity contribution is -0.272. The van der Waals surface area contributed by atoms with Crippen molar-refractivity contribution < 1.29 is 23.4 Å². The van der Waals surface area contributed by atoms with E-state index in [1.807, 2.05) is 25.1 Å². The standard InChI is InChI=1S/C22H29NO5/c1-15-9-5-7-11-18(15)20-23-19(16(2)28-20)12-8-6-10-17-13-26-22(3,27-14-17)21(24)25-4/h5,7,9,11,17H,6,8,10,12-14H2,1-4H3/t17-,22+. The van der Waals surface area contributed by atoms with Crippen LogP contribution in [0.15, 0.2) is 28.7 Å². The number of aromatic nitrogens is 1. The second-order valence-corrected chi connectivity index (χ2v) is 7.51. The second kappa shape index (κ2) is 8.88. The van der Waals surface area contributed by atoms with Crippen LogP contribution in [-0.4, -0.2) is 37.1 Å². The van der Waals surface area contributed by atoms with E-state index in [2.05, 4.69) is 13.0 Å². The van der Waals surface area contributed by atoms with Gasteiger partial charge in [0.15, 0.2) is 0 Å². The molecule has 0 amide bonds. The molecule has 0 radical (unpaired) electrons. The molecule has 1 saturated heterocycles. The van der Waals surface area contributed by atoms with Crippen molar-refractivity contribution in [2.45, 2.75) is 52.2 Å². The largest absolute Gasteiger partial charge is 0.465 e. The van der Waals surface area contributed by atoms with Gasteiger partial charge in [-0.3, -0.25) is 0 Å². The number of ether oxygens (including phenoxy) is 3. The maximum atomic E-state index is 11.7. The lowest BCUT2D eigenvalue weighted by Crippen LogP contribution is -2.48. The average molecular weight is 387 g/mol. The number of benzene rings is 1. The quantitative estimate of drug-likeness (QED) is 0.523. The molecule has 28 heavy (non-hydrogen) atoms. The Morgan fingerprint density at radius 3 is 2.61 bits per heavy atom. The van der Waals surface area contributed by atoms with Crippen LogP contribution in [-0.2, 0) is 25.4 Å². The van der Waals surface area contributed by atoms with Crippen LogP contribution in [0.2, 0.25) is 0 Å². The highest BCUT2D eigenvalue weighted by atomic mass is 16.7. The third kappa shape index (κ3) is 4.62. The summed E-state index contributed by atoms with van der Waals surface area (Å²) in [4.78, 5) is 16.4. The molecule has 0 unspecified atom stereocenters. The van der Waals surface area contributed by atoms with Gasteiger partial charge in [0.25, 0.3) is 5.79 Å². The van der Waals surface area contributed by atoms with Crippen LogP contribution in [0.5, 0.6) is 0 Å². The highest BCUT2D eigenvalue weighted by Gasteiger charge is 2.41. The molecule has 1 aromatic heterocycles. The molecule has 0 aliphatic carbocycles. The Labute approximate surface area is 166 Å². The Balaban J connectivity index is 1.45. The maximum absolute atomic E-state index is 11.7. The Bertz CT molecular complexity index is 805. The van der Waals surface area contributed by atoms with Crippen LogP contribution in [0.4, 0.5) is 0 Å². The lowest BCUT2D eigenvalue weighted by atomic mass is 10.0. The van der Waals surface area contributed by atoms with Gasteiger partial charge >= 0.3 is 5.97 Å². The van der Waals surface area contributed by atoms with E-state index in [0.717, 1.165) is 48.3 Å². The van der Waals surface area contributed by atoms with Crippen LogP contribution in [0.25, 0.3) is 11.5 Å². The maximum Gasteiger partial charge on any atom is 0.366 e. The summed E-state index contributed by atoms with van der Waals surface area (Å²) in [5, 5.41) is 0. The molecule has 152 valence electrons. The van der Waals surface area contributed by atoms with Crippen LogP contribution in [0, 0.1) is 19.8 Å². The number of unbranched alkanes of at least 4 members (excludes halogenated alkanes) is 1. The number of rotatable bonds is 7. The smallest absolute Gasteiger partial charge is 0.366 e. The zero-order valence-corrected chi connectivity index (χ0v) is 17.1. The SMILES string of the molecule is COC(=O)[C@]1(C)OC[C@H](CCCCc2nc(-c3ccccc3C)oc2C)CO1. The van der Waals surface area contributed by atoms with Crippen LogP contribution in [0.1, 0.15) is 43.2 Å². The topological polar surface area (TPSA) is 70.8 Å². The summed E-state index contributed by atoms with van der Waals surface area (Å²) < 4.78 is 21.8.